The van der Waals surface area contributed by atoms with Crippen LogP contribution < -0.4 is 11.1 Å². The first kappa shape index (κ1) is 13.9. The Morgan fingerprint density at radius 1 is 1.48 bits per heavy atom. The summed E-state index contributed by atoms with van der Waals surface area (Å²) in [5.41, 5.74) is 7.63. The van der Waals surface area contributed by atoms with E-state index in [1.807, 2.05) is 0 Å². The molecule has 1 heterocycles. The third-order valence-electron chi connectivity index (χ3n) is 3.94. The van der Waals surface area contributed by atoms with Gasteiger partial charge in [-0.05, 0) is 43.9 Å². The van der Waals surface area contributed by atoms with Gasteiger partial charge in [-0.2, -0.15) is 0 Å². The number of rotatable bonds is 4. The summed E-state index contributed by atoms with van der Waals surface area (Å²) in [4.78, 5) is 16.5. The molecular weight excluding hydrogens is 269 g/mol. The van der Waals surface area contributed by atoms with Crippen molar-refractivity contribution in [3.8, 4) is 0 Å². The highest BCUT2D eigenvalue weighted by atomic mass is 19.1. The van der Waals surface area contributed by atoms with Crippen LogP contribution in [0.3, 0.4) is 0 Å². The second kappa shape index (κ2) is 5.41. The monoisotopic (exact) mass is 287 g/mol. The Balaban J connectivity index is 1.80. The lowest BCUT2D eigenvalue weighted by molar-refractivity contribution is 0.0949. The number of amides is 1. The predicted molar refractivity (Wildman–Crippen MR) is 79.5 cm³/mol. The van der Waals surface area contributed by atoms with Crippen LogP contribution in [0.4, 0.5) is 4.39 Å². The molecule has 1 aromatic heterocycles. The van der Waals surface area contributed by atoms with E-state index in [0.29, 0.717) is 29.2 Å². The van der Waals surface area contributed by atoms with Crippen LogP contribution >= 0.6 is 0 Å². The number of hydrogen-bond donors (Lipinski definition) is 2. The van der Waals surface area contributed by atoms with Crippen LogP contribution in [0.1, 0.15) is 28.9 Å². The Kier molecular flexibility index (Phi) is 3.59. The molecule has 4 nitrogen and oxygen atoms in total. The maximum Gasteiger partial charge on any atom is 0.253 e. The van der Waals surface area contributed by atoms with E-state index >= 15 is 0 Å². The molecule has 2 aromatic rings. The molecule has 1 saturated carbocycles. The van der Waals surface area contributed by atoms with Crippen LogP contribution in [-0.2, 0) is 0 Å². The van der Waals surface area contributed by atoms with Crippen molar-refractivity contribution in [2.45, 2.75) is 25.8 Å². The number of halogens is 1. The summed E-state index contributed by atoms with van der Waals surface area (Å²) in [6.45, 7) is 2.23. The van der Waals surface area contributed by atoms with E-state index in [1.54, 1.807) is 19.1 Å². The lowest BCUT2D eigenvalue weighted by Gasteiger charge is -2.13. The first-order chi connectivity index (χ1) is 10.0. The topological polar surface area (TPSA) is 68.0 Å². The molecular formula is C16H18FN3O. The van der Waals surface area contributed by atoms with Crippen LogP contribution in [-0.4, -0.2) is 23.5 Å². The van der Waals surface area contributed by atoms with Gasteiger partial charge in [0, 0.05) is 24.0 Å². The summed E-state index contributed by atoms with van der Waals surface area (Å²) in [6.07, 6.45) is 2.30. The van der Waals surface area contributed by atoms with Crippen LogP contribution in [0, 0.1) is 18.7 Å². The second-order valence-electron chi connectivity index (χ2n) is 5.67. The Bertz CT molecular complexity index is 697. The number of carbonyl (C=O) groups excluding carboxylic acids is 1. The zero-order valence-electron chi connectivity index (χ0n) is 11.9. The number of aromatic nitrogens is 1. The quantitative estimate of drug-likeness (QED) is 0.905. The van der Waals surface area contributed by atoms with E-state index in [-0.39, 0.29) is 17.8 Å². The summed E-state index contributed by atoms with van der Waals surface area (Å²) < 4.78 is 13.2. The summed E-state index contributed by atoms with van der Waals surface area (Å²) in [6, 6.07) is 6.13. The number of fused-ring (bicyclic) bond motifs is 1. The van der Waals surface area contributed by atoms with Crippen molar-refractivity contribution in [2.24, 2.45) is 11.7 Å². The van der Waals surface area contributed by atoms with Crippen molar-refractivity contribution >= 4 is 16.8 Å². The van der Waals surface area contributed by atoms with Gasteiger partial charge in [-0.3, -0.25) is 9.78 Å². The van der Waals surface area contributed by atoms with E-state index in [1.165, 1.54) is 12.1 Å². The Morgan fingerprint density at radius 3 is 2.95 bits per heavy atom. The minimum absolute atomic E-state index is 0.0248. The van der Waals surface area contributed by atoms with Crippen LogP contribution in [0.2, 0.25) is 0 Å². The van der Waals surface area contributed by atoms with Crippen molar-refractivity contribution in [3.05, 3.63) is 41.3 Å². The van der Waals surface area contributed by atoms with Gasteiger partial charge in [-0.25, -0.2) is 4.39 Å². The van der Waals surface area contributed by atoms with E-state index in [4.69, 9.17) is 5.73 Å². The van der Waals surface area contributed by atoms with E-state index in [0.717, 1.165) is 18.2 Å². The van der Waals surface area contributed by atoms with Crippen LogP contribution in [0.15, 0.2) is 24.3 Å². The molecule has 0 spiro atoms. The van der Waals surface area contributed by atoms with E-state index in [2.05, 4.69) is 10.3 Å². The zero-order valence-corrected chi connectivity index (χ0v) is 11.9. The first-order valence-electron chi connectivity index (χ1n) is 7.15. The van der Waals surface area contributed by atoms with Gasteiger partial charge < -0.3 is 11.1 Å². The van der Waals surface area contributed by atoms with E-state index < -0.39 is 0 Å². The molecule has 110 valence electrons. The highest BCUT2D eigenvalue weighted by molar-refractivity contribution is 5.98. The normalized spacial score (nSPS) is 16.0. The number of nitrogens with two attached hydrogens (primary N) is 1. The fourth-order valence-electron chi connectivity index (χ4n) is 2.46. The fourth-order valence-corrected chi connectivity index (χ4v) is 2.46. The molecule has 5 heteroatoms. The molecule has 1 amide bonds. The SMILES string of the molecule is Cc1nc2cc(F)ccc2cc1C(=O)NCC(N)C1CC1. The standard InChI is InChI=1S/C16H18FN3O/c1-9-13(16(21)19-8-14(18)10-2-3-10)6-11-4-5-12(17)7-15(11)20-9/h4-7,10,14H,2-3,8,18H2,1H3,(H,19,21). The lowest BCUT2D eigenvalue weighted by Crippen LogP contribution is -2.38. The van der Waals surface area contributed by atoms with Gasteiger partial charge in [-0.1, -0.05) is 0 Å². The average molecular weight is 287 g/mol. The number of nitrogens with zero attached hydrogens (tertiary/aromatic N) is 1. The molecule has 0 saturated heterocycles. The Morgan fingerprint density at radius 2 is 2.24 bits per heavy atom. The predicted octanol–water partition coefficient (Wildman–Crippen LogP) is 2.15. The van der Waals surface area contributed by atoms with Crippen molar-refractivity contribution in [1.29, 1.82) is 0 Å². The summed E-state index contributed by atoms with van der Waals surface area (Å²) in [5.74, 6) is 0.0356. The van der Waals surface area contributed by atoms with Gasteiger partial charge in [0.2, 0.25) is 0 Å². The van der Waals surface area contributed by atoms with Crippen molar-refractivity contribution in [1.82, 2.24) is 10.3 Å². The number of pyridine rings is 1. The smallest absolute Gasteiger partial charge is 0.253 e. The van der Waals surface area contributed by atoms with Crippen molar-refractivity contribution < 1.29 is 9.18 Å². The molecule has 1 aliphatic carbocycles. The molecule has 0 radical (unpaired) electrons. The molecule has 3 rings (SSSR count). The second-order valence-corrected chi connectivity index (χ2v) is 5.67. The van der Waals surface area contributed by atoms with Gasteiger partial charge in [-0.15, -0.1) is 0 Å². The zero-order chi connectivity index (χ0) is 15.0. The van der Waals surface area contributed by atoms with Crippen molar-refractivity contribution in [2.75, 3.05) is 6.54 Å². The molecule has 1 aliphatic rings. The molecule has 1 fully saturated rings. The highest BCUT2D eigenvalue weighted by Crippen LogP contribution is 2.31. The highest BCUT2D eigenvalue weighted by Gasteiger charge is 2.28. The molecule has 3 N–H and O–H groups in total. The number of aryl methyl sites for hydroxylation is 1. The molecule has 0 aliphatic heterocycles. The lowest BCUT2D eigenvalue weighted by atomic mass is 10.1. The van der Waals surface area contributed by atoms with Gasteiger partial charge in [0.15, 0.2) is 0 Å². The number of hydrogen-bond acceptors (Lipinski definition) is 3. The van der Waals surface area contributed by atoms with Gasteiger partial charge >= 0.3 is 0 Å². The Labute approximate surface area is 122 Å². The third kappa shape index (κ3) is 3.03. The summed E-state index contributed by atoms with van der Waals surface area (Å²) in [7, 11) is 0. The molecule has 21 heavy (non-hydrogen) atoms. The fraction of sp³-hybridized carbons (Fsp3) is 0.375. The maximum absolute atomic E-state index is 13.2. The van der Waals surface area contributed by atoms with Crippen LogP contribution in [0.25, 0.3) is 10.9 Å². The van der Waals surface area contributed by atoms with Gasteiger partial charge in [0.1, 0.15) is 5.82 Å². The molecule has 1 atom stereocenters. The maximum atomic E-state index is 13.2. The minimum atomic E-state index is -0.331. The minimum Gasteiger partial charge on any atom is -0.350 e. The van der Waals surface area contributed by atoms with Crippen molar-refractivity contribution in [3.63, 3.8) is 0 Å². The largest absolute Gasteiger partial charge is 0.350 e. The molecule has 0 bridgehead atoms. The van der Waals surface area contributed by atoms with E-state index in [9.17, 15) is 9.18 Å². The summed E-state index contributed by atoms with van der Waals surface area (Å²) in [5, 5.41) is 3.61. The number of benzene rings is 1. The van der Waals surface area contributed by atoms with Gasteiger partial charge in [0.25, 0.3) is 5.91 Å². The average Bonchev–Trinajstić information content (AvgIpc) is 3.28. The molecule has 1 aromatic carbocycles. The summed E-state index contributed by atoms with van der Waals surface area (Å²) >= 11 is 0. The van der Waals surface area contributed by atoms with Crippen LogP contribution in [0.5, 0.6) is 0 Å². The third-order valence-corrected chi connectivity index (χ3v) is 3.94. The number of carbonyl (C=O) groups is 1. The molecule has 1 unspecified atom stereocenters. The number of nitrogens with one attached hydrogen (secondary N) is 1. The van der Waals surface area contributed by atoms with Gasteiger partial charge in [0.05, 0.1) is 16.8 Å². The Hall–Kier alpha value is -2.01. The first-order valence-corrected chi connectivity index (χ1v) is 7.15.